The molecule has 0 unspecified atom stereocenters. The molecule has 0 aliphatic heterocycles. The van der Waals surface area contributed by atoms with Crippen LogP contribution in [0.4, 0.5) is 5.69 Å². The van der Waals surface area contributed by atoms with E-state index in [-0.39, 0.29) is 18.2 Å². The summed E-state index contributed by atoms with van der Waals surface area (Å²) in [6.45, 7) is 5.93. The average Bonchev–Trinajstić information content (AvgIpc) is 3.25. The number of para-hydroxylation sites is 1. The summed E-state index contributed by atoms with van der Waals surface area (Å²) in [5, 5.41) is 7.51. The number of nitrogens with zero attached hydrogens (tertiary/aromatic N) is 2. The van der Waals surface area contributed by atoms with Gasteiger partial charge in [-0.1, -0.05) is 48.5 Å². The normalized spacial score (nSPS) is 10.6. The van der Waals surface area contributed by atoms with Gasteiger partial charge in [0.15, 0.2) is 5.69 Å². The summed E-state index contributed by atoms with van der Waals surface area (Å²) in [4.78, 5) is 25.2. The van der Waals surface area contributed by atoms with E-state index in [4.69, 9.17) is 4.74 Å². The Kier molecular flexibility index (Phi) is 6.36. The predicted molar refractivity (Wildman–Crippen MR) is 129 cm³/mol. The number of esters is 1. The van der Waals surface area contributed by atoms with Gasteiger partial charge in [0.2, 0.25) is 0 Å². The first-order valence-electron chi connectivity index (χ1n) is 10.8. The topological polar surface area (TPSA) is 73.2 Å². The largest absolute Gasteiger partial charge is 0.461 e. The summed E-state index contributed by atoms with van der Waals surface area (Å²) in [5.74, 6) is -0.653. The maximum Gasteiger partial charge on any atom is 0.358 e. The number of ether oxygens (including phenoxy) is 1. The van der Waals surface area contributed by atoms with Gasteiger partial charge in [-0.05, 0) is 62.2 Å². The van der Waals surface area contributed by atoms with Gasteiger partial charge in [-0.3, -0.25) is 4.79 Å². The molecule has 6 heteroatoms. The quantitative estimate of drug-likeness (QED) is 0.398. The second-order valence-corrected chi connectivity index (χ2v) is 7.68. The lowest BCUT2D eigenvalue weighted by Gasteiger charge is -2.12. The number of carbonyl (C=O) groups excluding carboxylic acids is 2. The van der Waals surface area contributed by atoms with E-state index in [9.17, 15) is 9.59 Å². The Morgan fingerprint density at radius 3 is 2.36 bits per heavy atom. The fourth-order valence-electron chi connectivity index (χ4n) is 3.66. The monoisotopic (exact) mass is 439 g/mol. The average molecular weight is 440 g/mol. The Labute approximate surface area is 192 Å². The third kappa shape index (κ3) is 4.70. The Balaban J connectivity index is 1.74. The van der Waals surface area contributed by atoms with Gasteiger partial charge in [-0.25, -0.2) is 9.48 Å². The first kappa shape index (κ1) is 22.0. The van der Waals surface area contributed by atoms with E-state index in [1.165, 1.54) is 0 Å². The summed E-state index contributed by atoms with van der Waals surface area (Å²) in [6.07, 6.45) is 0. The highest BCUT2D eigenvalue weighted by Crippen LogP contribution is 2.28. The lowest BCUT2D eigenvalue weighted by atomic mass is 10.1. The molecular formula is C27H25N3O3. The molecule has 1 aromatic heterocycles. The van der Waals surface area contributed by atoms with Gasteiger partial charge in [0.05, 0.1) is 18.0 Å². The summed E-state index contributed by atoms with van der Waals surface area (Å²) in [5.41, 5.74) is 5.81. The number of anilines is 1. The van der Waals surface area contributed by atoms with Crippen LogP contribution >= 0.6 is 0 Å². The minimum Gasteiger partial charge on any atom is -0.461 e. The molecule has 3 aromatic carbocycles. The molecule has 1 heterocycles. The van der Waals surface area contributed by atoms with Crippen LogP contribution in [0, 0.1) is 13.8 Å². The first-order valence-corrected chi connectivity index (χ1v) is 10.8. The van der Waals surface area contributed by atoms with E-state index in [1.807, 2.05) is 80.6 Å². The molecule has 1 N–H and O–H groups in total. The van der Waals surface area contributed by atoms with Crippen molar-refractivity contribution in [2.24, 2.45) is 0 Å². The van der Waals surface area contributed by atoms with Gasteiger partial charge in [0.25, 0.3) is 5.91 Å². The molecule has 6 nitrogen and oxygen atoms in total. The summed E-state index contributed by atoms with van der Waals surface area (Å²) in [7, 11) is 0. The molecular weight excluding hydrogens is 414 g/mol. The van der Waals surface area contributed by atoms with E-state index in [2.05, 4.69) is 10.4 Å². The fourth-order valence-corrected chi connectivity index (χ4v) is 3.66. The van der Waals surface area contributed by atoms with Crippen molar-refractivity contribution in [1.29, 1.82) is 0 Å². The number of nitrogens with one attached hydrogen (secondary N) is 1. The Morgan fingerprint density at radius 1 is 0.909 bits per heavy atom. The molecule has 1 amide bonds. The van der Waals surface area contributed by atoms with Gasteiger partial charge in [0.1, 0.15) is 0 Å². The Hall–Kier alpha value is -4.19. The Morgan fingerprint density at radius 2 is 1.64 bits per heavy atom. The summed E-state index contributed by atoms with van der Waals surface area (Å²) < 4.78 is 6.90. The standard InChI is InChI=1S/C27H25N3O3/c1-4-33-27(32)23-17-25(30(29-23)24-15-8-6-11-19(24)3)20-12-9-13-21(16-20)28-26(31)22-14-7-5-10-18(22)2/h5-17H,4H2,1-3H3,(H,28,31). The van der Waals surface area contributed by atoms with Gasteiger partial charge in [-0.2, -0.15) is 5.10 Å². The Bertz CT molecular complexity index is 1320. The van der Waals surface area contributed by atoms with Crippen LogP contribution in [0.2, 0.25) is 0 Å². The van der Waals surface area contributed by atoms with Crippen molar-refractivity contribution in [2.45, 2.75) is 20.8 Å². The molecule has 0 aliphatic carbocycles. The van der Waals surface area contributed by atoms with E-state index in [0.717, 1.165) is 28.1 Å². The van der Waals surface area contributed by atoms with Crippen molar-refractivity contribution in [3.63, 3.8) is 0 Å². The van der Waals surface area contributed by atoms with Crippen molar-refractivity contribution in [2.75, 3.05) is 11.9 Å². The molecule has 4 aromatic rings. The molecule has 0 saturated heterocycles. The molecule has 0 radical (unpaired) electrons. The molecule has 33 heavy (non-hydrogen) atoms. The third-order valence-electron chi connectivity index (χ3n) is 5.34. The number of hydrogen-bond donors (Lipinski definition) is 1. The zero-order valence-corrected chi connectivity index (χ0v) is 18.8. The molecule has 4 rings (SSSR count). The maximum atomic E-state index is 12.8. The number of hydrogen-bond acceptors (Lipinski definition) is 4. The molecule has 0 aliphatic rings. The van der Waals surface area contributed by atoms with Crippen molar-refractivity contribution in [3.05, 3.63) is 101 Å². The second-order valence-electron chi connectivity index (χ2n) is 7.68. The second kappa shape index (κ2) is 9.53. The smallest absolute Gasteiger partial charge is 0.358 e. The fraction of sp³-hybridized carbons (Fsp3) is 0.148. The van der Waals surface area contributed by atoms with Crippen molar-refractivity contribution in [3.8, 4) is 16.9 Å². The van der Waals surface area contributed by atoms with Crippen LogP contribution in [0.1, 0.15) is 38.9 Å². The highest BCUT2D eigenvalue weighted by Gasteiger charge is 2.19. The highest BCUT2D eigenvalue weighted by atomic mass is 16.5. The van der Waals surface area contributed by atoms with Crippen LogP contribution in [0.15, 0.2) is 78.9 Å². The van der Waals surface area contributed by atoms with Crippen LogP contribution in [0.5, 0.6) is 0 Å². The molecule has 0 spiro atoms. The SMILES string of the molecule is CCOC(=O)c1cc(-c2cccc(NC(=O)c3ccccc3C)c2)n(-c2ccccc2C)n1. The number of carbonyl (C=O) groups is 2. The molecule has 0 saturated carbocycles. The highest BCUT2D eigenvalue weighted by molar-refractivity contribution is 6.05. The summed E-state index contributed by atoms with van der Waals surface area (Å²) >= 11 is 0. The zero-order chi connectivity index (χ0) is 23.4. The molecule has 0 atom stereocenters. The van der Waals surface area contributed by atoms with E-state index in [1.54, 1.807) is 23.7 Å². The zero-order valence-electron chi connectivity index (χ0n) is 18.8. The minimum absolute atomic E-state index is 0.176. The predicted octanol–water partition coefficient (Wildman–Crippen LogP) is 5.59. The third-order valence-corrected chi connectivity index (χ3v) is 5.34. The maximum absolute atomic E-state index is 12.8. The lowest BCUT2D eigenvalue weighted by molar-refractivity contribution is 0.0519. The number of amides is 1. The van der Waals surface area contributed by atoms with Crippen LogP contribution in [0.3, 0.4) is 0 Å². The first-order chi connectivity index (χ1) is 16.0. The van der Waals surface area contributed by atoms with Gasteiger partial charge >= 0.3 is 5.97 Å². The van der Waals surface area contributed by atoms with E-state index in [0.29, 0.717) is 11.3 Å². The lowest BCUT2D eigenvalue weighted by Crippen LogP contribution is -2.13. The molecule has 0 bridgehead atoms. The number of benzene rings is 3. The number of rotatable bonds is 6. The van der Waals surface area contributed by atoms with Gasteiger partial charge in [-0.15, -0.1) is 0 Å². The molecule has 0 fully saturated rings. The van der Waals surface area contributed by atoms with Crippen LogP contribution < -0.4 is 5.32 Å². The van der Waals surface area contributed by atoms with Gasteiger partial charge < -0.3 is 10.1 Å². The summed E-state index contributed by atoms with van der Waals surface area (Å²) in [6, 6.07) is 24.5. The number of aryl methyl sites for hydroxylation is 2. The van der Waals surface area contributed by atoms with Crippen molar-refractivity contribution >= 4 is 17.6 Å². The van der Waals surface area contributed by atoms with Crippen LogP contribution in [0.25, 0.3) is 16.9 Å². The molecule has 166 valence electrons. The van der Waals surface area contributed by atoms with Crippen molar-refractivity contribution < 1.29 is 14.3 Å². The number of aromatic nitrogens is 2. The van der Waals surface area contributed by atoms with Crippen LogP contribution in [-0.4, -0.2) is 28.3 Å². The van der Waals surface area contributed by atoms with E-state index < -0.39 is 5.97 Å². The van der Waals surface area contributed by atoms with Crippen LogP contribution in [-0.2, 0) is 4.74 Å². The minimum atomic E-state index is -0.477. The van der Waals surface area contributed by atoms with E-state index >= 15 is 0 Å². The van der Waals surface area contributed by atoms with Gasteiger partial charge in [0, 0.05) is 16.8 Å². The van der Waals surface area contributed by atoms with Crippen molar-refractivity contribution in [1.82, 2.24) is 9.78 Å².